The topological polar surface area (TPSA) is 74.8 Å². The van der Waals surface area contributed by atoms with Gasteiger partial charge in [0, 0.05) is 24.5 Å². The predicted octanol–water partition coefficient (Wildman–Crippen LogP) is 3.65. The number of amides is 1. The summed E-state index contributed by atoms with van der Waals surface area (Å²) in [6.07, 6.45) is 0. The van der Waals surface area contributed by atoms with Crippen molar-refractivity contribution in [2.75, 3.05) is 7.05 Å². The SMILES string of the molecule is C[C@H](Sc1nnc2c(n1)[nH]c1ccccc12)C(=O)N(C)Cc1ccccc1. The maximum absolute atomic E-state index is 12.7. The third kappa shape index (κ3) is 3.64. The molecule has 0 spiro atoms. The van der Waals surface area contributed by atoms with Crippen LogP contribution in [0, 0.1) is 0 Å². The van der Waals surface area contributed by atoms with E-state index < -0.39 is 0 Å². The molecule has 136 valence electrons. The number of aromatic nitrogens is 4. The van der Waals surface area contributed by atoms with Gasteiger partial charge in [0.2, 0.25) is 11.1 Å². The van der Waals surface area contributed by atoms with Crippen molar-refractivity contribution in [3.8, 4) is 0 Å². The third-order valence-electron chi connectivity index (χ3n) is 4.37. The van der Waals surface area contributed by atoms with Gasteiger partial charge in [0.05, 0.1) is 5.25 Å². The van der Waals surface area contributed by atoms with E-state index in [1.165, 1.54) is 11.8 Å². The molecule has 0 aliphatic rings. The predicted molar refractivity (Wildman–Crippen MR) is 107 cm³/mol. The highest BCUT2D eigenvalue weighted by Crippen LogP contribution is 2.25. The molecule has 0 bridgehead atoms. The lowest BCUT2D eigenvalue weighted by atomic mass is 10.2. The van der Waals surface area contributed by atoms with Crippen LogP contribution in [0.1, 0.15) is 12.5 Å². The maximum Gasteiger partial charge on any atom is 0.235 e. The Labute approximate surface area is 161 Å². The van der Waals surface area contributed by atoms with Crippen LogP contribution < -0.4 is 0 Å². The summed E-state index contributed by atoms with van der Waals surface area (Å²) in [5, 5.41) is 9.69. The van der Waals surface area contributed by atoms with Crippen LogP contribution in [-0.4, -0.2) is 43.3 Å². The van der Waals surface area contributed by atoms with Crippen molar-refractivity contribution < 1.29 is 4.79 Å². The summed E-state index contributed by atoms with van der Waals surface area (Å²) in [6, 6.07) is 17.8. The Kier molecular flexibility index (Phi) is 4.77. The number of hydrogen-bond donors (Lipinski definition) is 1. The van der Waals surface area contributed by atoms with Gasteiger partial charge >= 0.3 is 0 Å². The molecule has 4 rings (SSSR count). The highest BCUT2D eigenvalue weighted by atomic mass is 32.2. The Hall–Kier alpha value is -2.93. The van der Waals surface area contributed by atoms with Crippen molar-refractivity contribution in [2.45, 2.75) is 23.9 Å². The third-order valence-corrected chi connectivity index (χ3v) is 5.31. The van der Waals surface area contributed by atoms with E-state index in [0.717, 1.165) is 22.0 Å². The van der Waals surface area contributed by atoms with E-state index in [0.29, 0.717) is 17.3 Å². The van der Waals surface area contributed by atoms with Crippen molar-refractivity contribution in [3.63, 3.8) is 0 Å². The molecular weight excluding hydrogens is 358 g/mol. The second kappa shape index (κ2) is 7.36. The number of hydrogen-bond acceptors (Lipinski definition) is 5. The standard InChI is InChI=1S/C20H19N5OS/c1-13(19(26)25(2)12-14-8-4-3-5-9-14)27-20-22-18-17(23-24-20)15-10-6-7-11-16(15)21-18/h3-11,13H,12H2,1-2H3,(H,21,22,24)/t13-/m0/s1. The minimum absolute atomic E-state index is 0.0317. The molecule has 0 fully saturated rings. The summed E-state index contributed by atoms with van der Waals surface area (Å²) in [5.41, 5.74) is 3.51. The first-order chi connectivity index (χ1) is 13.1. The van der Waals surface area contributed by atoms with E-state index in [4.69, 9.17) is 0 Å². The monoisotopic (exact) mass is 377 g/mol. The van der Waals surface area contributed by atoms with Crippen LogP contribution in [0.3, 0.4) is 0 Å². The molecule has 0 unspecified atom stereocenters. The van der Waals surface area contributed by atoms with Gasteiger partial charge in [-0.25, -0.2) is 4.98 Å². The first kappa shape index (κ1) is 17.5. The molecule has 0 radical (unpaired) electrons. The molecule has 2 aromatic heterocycles. The van der Waals surface area contributed by atoms with E-state index in [9.17, 15) is 4.79 Å². The summed E-state index contributed by atoms with van der Waals surface area (Å²) < 4.78 is 0. The first-order valence-electron chi connectivity index (χ1n) is 8.68. The van der Waals surface area contributed by atoms with Crippen LogP contribution in [0.25, 0.3) is 22.1 Å². The fourth-order valence-electron chi connectivity index (χ4n) is 3.01. The zero-order chi connectivity index (χ0) is 18.8. The first-order valence-corrected chi connectivity index (χ1v) is 9.56. The van der Waals surface area contributed by atoms with E-state index in [1.807, 2.05) is 68.6 Å². The van der Waals surface area contributed by atoms with Gasteiger partial charge in [-0.3, -0.25) is 4.79 Å². The average Bonchev–Trinajstić information content (AvgIpc) is 3.05. The molecule has 1 amide bonds. The van der Waals surface area contributed by atoms with Gasteiger partial charge in [0.25, 0.3) is 0 Å². The zero-order valence-electron chi connectivity index (χ0n) is 15.1. The molecule has 2 heterocycles. The number of nitrogens with zero attached hydrogens (tertiary/aromatic N) is 4. The molecule has 2 aromatic carbocycles. The van der Waals surface area contributed by atoms with E-state index in [2.05, 4.69) is 20.2 Å². The number of benzene rings is 2. The molecule has 7 heteroatoms. The van der Waals surface area contributed by atoms with Crippen LogP contribution in [0.4, 0.5) is 0 Å². The quantitative estimate of drug-likeness (QED) is 0.538. The van der Waals surface area contributed by atoms with Crippen molar-refractivity contribution in [2.24, 2.45) is 0 Å². The highest BCUT2D eigenvalue weighted by molar-refractivity contribution is 8.00. The Bertz CT molecular complexity index is 1100. The molecule has 0 aliphatic carbocycles. The van der Waals surface area contributed by atoms with Crippen LogP contribution in [0.5, 0.6) is 0 Å². The fraction of sp³-hybridized carbons (Fsp3) is 0.200. The Morgan fingerprint density at radius 2 is 1.85 bits per heavy atom. The van der Waals surface area contributed by atoms with Crippen molar-refractivity contribution in [3.05, 3.63) is 60.2 Å². The van der Waals surface area contributed by atoms with Gasteiger partial charge in [-0.05, 0) is 18.6 Å². The lowest BCUT2D eigenvalue weighted by Gasteiger charge is -2.20. The number of aromatic amines is 1. The van der Waals surface area contributed by atoms with Gasteiger partial charge in [-0.15, -0.1) is 10.2 Å². The number of nitrogens with one attached hydrogen (secondary N) is 1. The van der Waals surface area contributed by atoms with Gasteiger partial charge < -0.3 is 9.88 Å². The fourth-order valence-corrected chi connectivity index (χ4v) is 3.84. The van der Waals surface area contributed by atoms with Crippen LogP contribution in [0.2, 0.25) is 0 Å². The zero-order valence-corrected chi connectivity index (χ0v) is 15.9. The Balaban J connectivity index is 1.49. The minimum atomic E-state index is -0.303. The minimum Gasteiger partial charge on any atom is -0.340 e. The number of carbonyl (C=O) groups excluding carboxylic acids is 1. The largest absolute Gasteiger partial charge is 0.340 e. The summed E-state index contributed by atoms with van der Waals surface area (Å²) in [5.74, 6) is 0.0317. The molecule has 0 aliphatic heterocycles. The van der Waals surface area contributed by atoms with Crippen LogP contribution >= 0.6 is 11.8 Å². The number of fused-ring (bicyclic) bond motifs is 3. The number of H-pyrrole nitrogens is 1. The molecule has 6 nitrogen and oxygen atoms in total. The molecular formula is C20H19N5OS. The van der Waals surface area contributed by atoms with Gasteiger partial charge in [-0.2, -0.15) is 0 Å². The number of carbonyl (C=O) groups is 1. The number of rotatable bonds is 5. The van der Waals surface area contributed by atoms with Crippen molar-refractivity contribution >= 4 is 39.7 Å². The second-order valence-electron chi connectivity index (χ2n) is 6.40. The van der Waals surface area contributed by atoms with Crippen molar-refractivity contribution in [1.82, 2.24) is 25.1 Å². The van der Waals surface area contributed by atoms with Crippen molar-refractivity contribution in [1.29, 1.82) is 0 Å². The van der Waals surface area contributed by atoms with Gasteiger partial charge in [0.15, 0.2) is 5.65 Å². The summed E-state index contributed by atoms with van der Waals surface area (Å²) in [6.45, 7) is 2.44. The lowest BCUT2D eigenvalue weighted by Crippen LogP contribution is -2.32. The Morgan fingerprint density at radius 3 is 2.67 bits per heavy atom. The molecule has 0 saturated heterocycles. The molecule has 1 N–H and O–H groups in total. The van der Waals surface area contributed by atoms with E-state index >= 15 is 0 Å². The molecule has 27 heavy (non-hydrogen) atoms. The lowest BCUT2D eigenvalue weighted by molar-refractivity contribution is -0.129. The average molecular weight is 377 g/mol. The smallest absolute Gasteiger partial charge is 0.235 e. The molecule has 0 saturated carbocycles. The summed E-state index contributed by atoms with van der Waals surface area (Å²) >= 11 is 1.32. The van der Waals surface area contributed by atoms with E-state index in [1.54, 1.807) is 4.90 Å². The molecule has 4 aromatic rings. The van der Waals surface area contributed by atoms with Crippen LogP contribution in [-0.2, 0) is 11.3 Å². The Morgan fingerprint density at radius 1 is 1.11 bits per heavy atom. The van der Waals surface area contributed by atoms with Crippen LogP contribution in [0.15, 0.2) is 59.8 Å². The maximum atomic E-state index is 12.7. The summed E-state index contributed by atoms with van der Waals surface area (Å²) in [4.78, 5) is 22.2. The summed E-state index contributed by atoms with van der Waals surface area (Å²) in [7, 11) is 1.81. The highest BCUT2D eigenvalue weighted by Gasteiger charge is 2.21. The van der Waals surface area contributed by atoms with Gasteiger partial charge in [-0.1, -0.05) is 60.3 Å². The van der Waals surface area contributed by atoms with E-state index in [-0.39, 0.29) is 11.2 Å². The number of thioether (sulfide) groups is 1. The normalized spacial score (nSPS) is 12.4. The number of para-hydroxylation sites is 1. The second-order valence-corrected chi connectivity index (χ2v) is 7.71. The molecule has 1 atom stereocenters. The van der Waals surface area contributed by atoms with Gasteiger partial charge in [0.1, 0.15) is 5.52 Å².